The fourth-order valence-electron chi connectivity index (χ4n) is 1.37. The van der Waals surface area contributed by atoms with Crippen LogP contribution in [0.25, 0.3) is 0 Å². The summed E-state index contributed by atoms with van der Waals surface area (Å²) >= 11 is 1.59. The van der Waals surface area contributed by atoms with Crippen molar-refractivity contribution in [3.63, 3.8) is 0 Å². The molecule has 4 heteroatoms. The van der Waals surface area contributed by atoms with E-state index in [1.807, 2.05) is 26.2 Å². The van der Waals surface area contributed by atoms with Crippen LogP contribution in [-0.2, 0) is 0 Å². The summed E-state index contributed by atoms with van der Waals surface area (Å²) in [5.41, 5.74) is 0. The Morgan fingerprint density at radius 1 is 1.44 bits per heavy atom. The van der Waals surface area contributed by atoms with E-state index in [2.05, 4.69) is 4.98 Å². The standard InChI is InChI=1S/C12H17NO2S/c1-8(2)14-10-6-7-13-12(16-3)11(10)15-9-4-5-9/h6-9H,4-5H2,1-3H3. The lowest BCUT2D eigenvalue weighted by atomic mass is 10.4. The third-order valence-electron chi connectivity index (χ3n) is 2.20. The summed E-state index contributed by atoms with van der Waals surface area (Å²) in [4.78, 5) is 4.30. The molecule has 2 rings (SSSR count). The fourth-order valence-corrected chi connectivity index (χ4v) is 1.87. The van der Waals surface area contributed by atoms with Gasteiger partial charge in [0, 0.05) is 12.3 Å². The highest BCUT2D eigenvalue weighted by Crippen LogP contribution is 2.39. The van der Waals surface area contributed by atoms with Gasteiger partial charge < -0.3 is 9.47 Å². The number of ether oxygens (including phenoxy) is 2. The van der Waals surface area contributed by atoms with E-state index in [0.29, 0.717) is 6.10 Å². The van der Waals surface area contributed by atoms with Gasteiger partial charge in [-0.05, 0) is 32.9 Å². The summed E-state index contributed by atoms with van der Waals surface area (Å²) in [7, 11) is 0. The van der Waals surface area contributed by atoms with Gasteiger partial charge in [-0.2, -0.15) is 0 Å². The van der Waals surface area contributed by atoms with Gasteiger partial charge in [-0.1, -0.05) is 0 Å². The number of thioether (sulfide) groups is 1. The van der Waals surface area contributed by atoms with E-state index in [4.69, 9.17) is 9.47 Å². The fraction of sp³-hybridized carbons (Fsp3) is 0.583. The molecule has 0 atom stereocenters. The summed E-state index contributed by atoms with van der Waals surface area (Å²) in [6.45, 7) is 4.03. The molecule has 0 radical (unpaired) electrons. The number of rotatable bonds is 5. The molecule has 1 aromatic heterocycles. The average molecular weight is 239 g/mol. The topological polar surface area (TPSA) is 31.4 Å². The molecule has 1 fully saturated rings. The molecule has 0 spiro atoms. The second-order valence-corrected chi connectivity index (χ2v) is 4.93. The number of hydrogen-bond acceptors (Lipinski definition) is 4. The van der Waals surface area contributed by atoms with E-state index in [0.717, 1.165) is 29.4 Å². The lowest BCUT2D eigenvalue weighted by molar-refractivity contribution is 0.213. The summed E-state index contributed by atoms with van der Waals surface area (Å²) in [5, 5.41) is 0.907. The van der Waals surface area contributed by atoms with Crippen LogP contribution in [0.1, 0.15) is 26.7 Å². The highest BCUT2D eigenvalue weighted by Gasteiger charge is 2.27. The first kappa shape index (κ1) is 11.6. The minimum Gasteiger partial charge on any atom is -0.487 e. The Morgan fingerprint density at radius 2 is 2.19 bits per heavy atom. The van der Waals surface area contributed by atoms with Crippen molar-refractivity contribution in [2.45, 2.75) is 43.9 Å². The van der Waals surface area contributed by atoms with Crippen molar-refractivity contribution in [2.24, 2.45) is 0 Å². The van der Waals surface area contributed by atoms with E-state index in [1.54, 1.807) is 18.0 Å². The molecule has 1 heterocycles. The lowest BCUT2D eigenvalue weighted by Gasteiger charge is -2.16. The van der Waals surface area contributed by atoms with Crippen LogP contribution in [0.5, 0.6) is 11.5 Å². The van der Waals surface area contributed by atoms with Gasteiger partial charge in [-0.25, -0.2) is 4.98 Å². The van der Waals surface area contributed by atoms with Crippen LogP contribution >= 0.6 is 11.8 Å². The van der Waals surface area contributed by atoms with Gasteiger partial charge in [0.15, 0.2) is 11.5 Å². The molecule has 1 aliphatic carbocycles. The van der Waals surface area contributed by atoms with Crippen LogP contribution in [0.15, 0.2) is 17.3 Å². The van der Waals surface area contributed by atoms with Crippen molar-refractivity contribution < 1.29 is 9.47 Å². The van der Waals surface area contributed by atoms with E-state index >= 15 is 0 Å². The lowest BCUT2D eigenvalue weighted by Crippen LogP contribution is -2.09. The predicted molar refractivity (Wildman–Crippen MR) is 65.4 cm³/mol. The first-order valence-electron chi connectivity index (χ1n) is 5.57. The SMILES string of the molecule is CSc1nccc(OC(C)C)c1OC1CC1. The molecule has 1 saturated carbocycles. The van der Waals surface area contributed by atoms with Crippen molar-refractivity contribution in [3.05, 3.63) is 12.3 Å². The molecule has 3 nitrogen and oxygen atoms in total. The molecule has 1 aliphatic rings. The number of hydrogen-bond donors (Lipinski definition) is 0. The van der Waals surface area contributed by atoms with E-state index in [-0.39, 0.29) is 6.10 Å². The Balaban J connectivity index is 2.25. The summed E-state index contributed by atoms with van der Waals surface area (Å²) in [5.74, 6) is 1.62. The van der Waals surface area contributed by atoms with Crippen molar-refractivity contribution in [2.75, 3.05) is 6.26 Å². The molecule has 1 aromatic rings. The zero-order valence-electron chi connectivity index (χ0n) is 9.90. The maximum atomic E-state index is 5.87. The number of aromatic nitrogens is 1. The second-order valence-electron chi connectivity index (χ2n) is 4.13. The van der Waals surface area contributed by atoms with Gasteiger partial charge in [-0.3, -0.25) is 0 Å². The average Bonchev–Trinajstić information content (AvgIpc) is 3.03. The van der Waals surface area contributed by atoms with E-state index < -0.39 is 0 Å². The molecule has 16 heavy (non-hydrogen) atoms. The normalized spacial score (nSPS) is 15.2. The van der Waals surface area contributed by atoms with Gasteiger partial charge in [0.25, 0.3) is 0 Å². The van der Waals surface area contributed by atoms with Crippen LogP contribution in [0.3, 0.4) is 0 Å². The maximum Gasteiger partial charge on any atom is 0.193 e. The summed E-state index contributed by atoms with van der Waals surface area (Å²) < 4.78 is 11.6. The molecule has 0 unspecified atom stereocenters. The minimum atomic E-state index is 0.152. The quantitative estimate of drug-likeness (QED) is 0.739. The van der Waals surface area contributed by atoms with Crippen molar-refractivity contribution in [1.29, 1.82) is 0 Å². The third-order valence-corrected chi connectivity index (χ3v) is 2.88. The molecule has 0 amide bonds. The zero-order valence-corrected chi connectivity index (χ0v) is 10.7. The van der Waals surface area contributed by atoms with E-state index in [9.17, 15) is 0 Å². The van der Waals surface area contributed by atoms with Gasteiger partial charge in [0.2, 0.25) is 0 Å². The summed E-state index contributed by atoms with van der Waals surface area (Å²) in [6.07, 6.45) is 6.57. The largest absolute Gasteiger partial charge is 0.487 e. The van der Waals surface area contributed by atoms with Crippen LogP contribution in [-0.4, -0.2) is 23.4 Å². The molecular formula is C12H17NO2S. The van der Waals surface area contributed by atoms with Crippen LogP contribution in [0.4, 0.5) is 0 Å². The maximum absolute atomic E-state index is 5.87. The van der Waals surface area contributed by atoms with Gasteiger partial charge in [-0.15, -0.1) is 11.8 Å². The van der Waals surface area contributed by atoms with Gasteiger partial charge in [0.1, 0.15) is 5.03 Å². The molecule has 0 N–H and O–H groups in total. The molecule has 0 saturated heterocycles. The number of pyridine rings is 1. The van der Waals surface area contributed by atoms with Crippen LogP contribution < -0.4 is 9.47 Å². The summed E-state index contributed by atoms with van der Waals surface area (Å²) in [6, 6.07) is 1.87. The Bertz CT molecular complexity index is 364. The Hall–Kier alpha value is -0.900. The Kier molecular flexibility index (Phi) is 3.59. The Labute approximate surface area is 101 Å². The van der Waals surface area contributed by atoms with Crippen molar-refractivity contribution in [3.8, 4) is 11.5 Å². The third kappa shape index (κ3) is 2.82. The first-order chi connectivity index (χ1) is 7.70. The highest BCUT2D eigenvalue weighted by atomic mass is 32.2. The molecule has 88 valence electrons. The van der Waals surface area contributed by atoms with Gasteiger partial charge in [0.05, 0.1) is 12.2 Å². The van der Waals surface area contributed by atoms with Crippen LogP contribution in [0, 0.1) is 0 Å². The zero-order chi connectivity index (χ0) is 11.5. The number of nitrogens with zero attached hydrogens (tertiary/aromatic N) is 1. The Morgan fingerprint density at radius 3 is 2.75 bits per heavy atom. The van der Waals surface area contributed by atoms with Crippen molar-refractivity contribution in [1.82, 2.24) is 4.98 Å². The van der Waals surface area contributed by atoms with Crippen molar-refractivity contribution >= 4 is 11.8 Å². The molecule has 0 bridgehead atoms. The second kappa shape index (κ2) is 4.95. The van der Waals surface area contributed by atoms with Gasteiger partial charge >= 0.3 is 0 Å². The monoisotopic (exact) mass is 239 g/mol. The van der Waals surface area contributed by atoms with Crippen LogP contribution in [0.2, 0.25) is 0 Å². The molecule has 0 aliphatic heterocycles. The smallest absolute Gasteiger partial charge is 0.193 e. The predicted octanol–water partition coefficient (Wildman–Crippen LogP) is 3.13. The minimum absolute atomic E-state index is 0.152. The molecular weight excluding hydrogens is 222 g/mol. The molecule has 0 aromatic carbocycles. The van der Waals surface area contributed by atoms with E-state index in [1.165, 1.54) is 0 Å². The highest BCUT2D eigenvalue weighted by molar-refractivity contribution is 7.98. The first-order valence-corrected chi connectivity index (χ1v) is 6.79.